The number of para-hydroxylation sites is 1. The maximum Gasteiger partial charge on any atom is 0.350 e. The van der Waals surface area contributed by atoms with Crippen LogP contribution < -0.4 is 10.1 Å². The van der Waals surface area contributed by atoms with E-state index in [0.717, 1.165) is 16.9 Å². The second-order valence-electron chi connectivity index (χ2n) is 5.08. The van der Waals surface area contributed by atoms with Crippen LogP contribution in [-0.2, 0) is 22.4 Å². The quantitative estimate of drug-likeness (QED) is 0.578. The lowest BCUT2D eigenvalue weighted by atomic mass is 10.1. The van der Waals surface area contributed by atoms with Crippen molar-refractivity contribution in [2.75, 3.05) is 19.0 Å². The van der Waals surface area contributed by atoms with Gasteiger partial charge in [-0.05, 0) is 24.5 Å². The molecule has 1 amide bonds. The standard InChI is InChI=1S/C18H20N2O4S/c1-4-8-12-9-6-7-10-14(12)24-11-15(21)20-18-19-13(5-2)16(25-18)17(22)23-3/h4,6-7,9-10H,1,5,8,11H2,2-3H3,(H,19,20,21). The number of hydrogen-bond acceptors (Lipinski definition) is 6. The van der Waals surface area contributed by atoms with Crippen molar-refractivity contribution in [1.29, 1.82) is 0 Å². The summed E-state index contributed by atoms with van der Waals surface area (Å²) in [5.41, 5.74) is 1.56. The van der Waals surface area contributed by atoms with Gasteiger partial charge in [-0.1, -0.05) is 42.5 Å². The molecule has 132 valence electrons. The minimum Gasteiger partial charge on any atom is -0.483 e. The molecule has 6 nitrogen and oxygen atoms in total. The van der Waals surface area contributed by atoms with Gasteiger partial charge in [0, 0.05) is 0 Å². The highest BCUT2D eigenvalue weighted by atomic mass is 32.1. The van der Waals surface area contributed by atoms with E-state index in [-0.39, 0.29) is 12.5 Å². The molecular weight excluding hydrogens is 340 g/mol. The second-order valence-corrected chi connectivity index (χ2v) is 6.08. The number of aromatic nitrogens is 1. The van der Waals surface area contributed by atoms with Crippen LogP contribution in [0.4, 0.5) is 5.13 Å². The van der Waals surface area contributed by atoms with Crippen molar-refractivity contribution in [3.05, 3.63) is 53.1 Å². The number of allylic oxidation sites excluding steroid dienone is 1. The molecule has 0 saturated heterocycles. The van der Waals surface area contributed by atoms with Crippen LogP contribution in [0.5, 0.6) is 5.75 Å². The number of aryl methyl sites for hydroxylation is 1. The predicted molar refractivity (Wildman–Crippen MR) is 97.3 cm³/mol. The first-order chi connectivity index (χ1) is 12.1. The lowest BCUT2D eigenvalue weighted by molar-refractivity contribution is -0.118. The molecule has 0 radical (unpaired) electrons. The number of nitrogens with zero attached hydrogens (tertiary/aromatic N) is 1. The molecule has 0 aliphatic carbocycles. The summed E-state index contributed by atoms with van der Waals surface area (Å²) < 4.78 is 10.3. The van der Waals surface area contributed by atoms with Gasteiger partial charge in [-0.15, -0.1) is 6.58 Å². The Morgan fingerprint density at radius 2 is 2.12 bits per heavy atom. The fourth-order valence-electron chi connectivity index (χ4n) is 2.16. The summed E-state index contributed by atoms with van der Waals surface area (Å²) in [6.45, 7) is 5.44. The smallest absolute Gasteiger partial charge is 0.350 e. The predicted octanol–water partition coefficient (Wildman–Crippen LogP) is 3.24. The number of amides is 1. The summed E-state index contributed by atoms with van der Waals surface area (Å²) in [5.74, 6) is -0.160. The van der Waals surface area contributed by atoms with Crippen molar-refractivity contribution in [2.45, 2.75) is 19.8 Å². The summed E-state index contributed by atoms with van der Waals surface area (Å²) in [7, 11) is 1.31. The van der Waals surface area contributed by atoms with Crippen molar-refractivity contribution in [1.82, 2.24) is 4.98 Å². The SMILES string of the molecule is C=CCc1ccccc1OCC(=O)Nc1nc(CC)c(C(=O)OC)s1. The number of esters is 1. The van der Waals surface area contributed by atoms with E-state index in [4.69, 9.17) is 9.47 Å². The number of carbonyl (C=O) groups is 2. The third-order valence-corrected chi connectivity index (χ3v) is 4.34. The molecule has 1 aromatic heterocycles. The van der Waals surface area contributed by atoms with E-state index >= 15 is 0 Å². The Labute approximate surface area is 150 Å². The number of hydrogen-bond donors (Lipinski definition) is 1. The molecule has 0 fully saturated rings. The number of anilines is 1. The van der Waals surface area contributed by atoms with Gasteiger partial charge in [-0.3, -0.25) is 10.1 Å². The molecule has 1 aromatic carbocycles. The molecule has 0 saturated carbocycles. The van der Waals surface area contributed by atoms with Gasteiger partial charge in [0.15, 0.2) is 11.7 Å². The van der Waals surface area contributed by atoms with Crippen molar-refractivity contribution < 1.29 is 19.1 Å². The summed E-state index contributed by atoms with van der Waals surface area (Å²) in [5, 5.41) is 3.01. The number of thiazole rings is 1. The molecule has 0 aliphatic heterocycles. The van der Waals surface area contributed by atoms with Gasteiger partial charge in [0.2, 0.25) is 0 Å². The van der Waals surface area contributed by atoms with E-state index < -0.39 is 5.97 Å². The molecule has 0 unspecified atom stereocenters. The maximum absolute atomic E-state index is 12.1. The molecule has 1 N–H and O–H groups in total. The number of ether oxygens (including phenoxy) is 2. The Kier molecular flexibility index (Phi) is 6.71. The first-order valence-electron chi connectivity index (χ1n) is 7.78. The lowest BCUT2D eigenvalue weighted by Gasteiger charge is -2.09. The minimum absolute atomic E-state index is 0.150. The summed E-state index contributed by atoms with van der Waals surface area (Å²) in [4.78, 5) is 28.5. The fraction of sp³-hybridized carbons (Fsp3) is 0.278. The zero-order chi connectivity index (χ0) is 18.2. The summed E-state index contributed by atoms with van der Waals surface area (Å²) in [6, 6.07) is 7.48. The van der Waals surface area contributed by atoms with Crippen molar-refractivity contribution in [3.8, 4) is 5.75 Å². The minimum atomic E-state index is -0.454. The normalized spacial score (nSPS) is 10.2. The van der Waals surface area contributed by atoms with Gasteiger partial charge in [-0.2, -0.15) is 0 Å². The van der Waals surface area contributed by atoms with E-state index in [2.05, 4.69) is 16.9 Å². The third kappa shape index (κ3) is 4.90. The van der Waals surface area contributed by atoms with Gasteiger partial charge in [0.1, 0.15) is 10.6 Å². The van der Waals surface area contributed by atoms with Crippen molar-refractivity contribution in [3.63, 3.8) is 0 Å². The van der Waals surface area contributed by atoms with Crippen LogP contribution in [0.2, 0.25) is 0 Å². The molecule has 7 heteroatoms. The zero-order valence-electron chi connectivity index (χ0n) is 14.2. The second kappa shape index (κ2) is 8.98. The molecule has 0 atom stereocenters. The van der Waals surface area contributed by atoms with Crippen LogP contribution >= 0.6 is 11.3 Å². The van der Waals surface area contributed by atoms with Crippen LogP contribution in [0.1, 0.15) is 27.9 Å². The Morgan fingerprint density at radius 1 is 1.36 bits per heavy atom. The first-order valence-corrected chi connectivity index (χ1v) is 8.60. The van der Waals surface area contributed by atoms with E-state index in [1.807, 2.05) is 25.1 Å². The van der Waals surface area contributed by atoms with Gasteiger partial charge < -0.3 is 9.47 Å². The Bertz CT molecular complexity index is 770. The molecular formula is C18H20N2O4S. The molecule has 2 aromatic rings. The van der Waals surface area contributed by atoms with Crippen LogP contribution in [0.15, 0.2) is 36.9 Å². The van der Waals surface area contributed by atoms with Gasteiger partial charge >= 0.3 is 5.97 Å². The highest BCUT2D eigenvalue weighted by Crippen LogP contribution is 2.24. The molecule has 25 heavy (non-hydrogen) atoms. The number of rotatable bonds is 8. The molecule has 0 bridgehead atoms. The summed E-state index contributed by atoms with van der Waals surface area (Å²) >= 11 is 1.09. The largest absolute Gasteiger partial charge is 0.483 e. The van der Waals surface area contributed by atoms with E-state index in [9.17, 15) is 9.59 Å². The molecule has 2 rings (SSSR count). The van der Waals surface area contributed by atoms with Crippen LogP contribution in [0.25, 0.3) is 0 Å². The van der Waals surface area contributed by atoms with Crippen LogP contribution in [-0.4, -0.2) is 30.6 Å². The number of benzene rings is 1. The van der Waals surface area contributed by atoms with Crippen molar-refractivity contribution in [2.24, 2.45) is 0 Å². The molecule has 1 heterocycles. The van der Waals surface area contributed by atoms with E-state index in [1.165, 1.54) is 7.11 Å². The Balaban J connectivity index is 2.00. The van der Waals surface area contributed by atoms with Crippen molar-refractivity contribution >= 4 is 28.3 Å². The van der Waals surface area contributed by atoms with Gasteiger partial charge in [-0.25, -0.2) is 9.78 Å². The average Bonchev–Trinajstić information content (AvgIpc) is 3.03. The van der Waals surface area contributed by atoms with E-state index in [0.29, 0.717) is 34.3 Å². The maximum atomic E-state index is 12.1. The van der Waals surface area contributed by atoms with Gasteiger partial charge in [0.05, 0.1) is 12.8 Å². The lowest BCUT2D eigenvalue weighted by Crippen LogP contribution is -2.20. The van der Waals surface area contributed by atoms with Gasteiger partial charge in [0.25, 0.3) is 5.91 Å². The number of nitrogens with one attached hydrogen (secondary N) is 1. The number of carbonyl (C=O) groups excluding carboxylic acids is 2. The monoisotopic (exact) mass is 360 g/mol. The Hall–Kier alpha value is -2.67. The topological polar surface area (TPSA) is 77.5 Å². The zero-order valence-corrected chi connectivity index (χ0v) is 15.0. The average molecular weight is 360 g/mol. The van der Waals surface area contributed by atoms with E-state index in [1.54, 1.807) is 12.1 Å². The first kappa shape index (κ1) is 18.7. The molecule has 0 aliphatic rings. The molecule has 0 spiro atoms. The number of methoxy groups -OCH3 is 1. The third-order valence-electron chi connectivity index (χ3n) is 3.35. The highest BCUT2D eigenvalue weighted by molar-refractivity contribution is 7.17. The van der Waals surface area contributed by atoms with Crippen LogP contribution in [0.3, 0.4) is 0 Å². The summed E-state index contributed by atoms with van der Waals surface area (Å²) in [6.07, 6.45) is 3.01. The Morgan fingerprint density at radius 3 is 2.80 bits per heavy atom. The highest BCUT2D eigenvalue weighted by Gasteiger charge is 2.18. The fourth-order valence-corrected chi connectivity index (χ4v) is 3.15. The van der Waals surface area contributed by atoms with Crippen LogP contribution in [0, 0.1) is 0 Å².